The summed E-state index contributed by atoms with van der Waals surface area (Å²) < 4.78 is 6.20. The third kappa shape index (κ3) is 8.33. The Morgan fingerprint density at radius 3 is 2.32 bits per heavy atom. The van der Waals surface area contributed by atoms with Crippen molar-refractivity contribution in [2.45, 2.75) is 83.8 Å². The maximum absolute atomic E-state index is 6.20. The fourth-order valence-corrected chi connectivity index (χ4v) is 9.89. The van der Waals surface area contributed by atoms with Crippen LogP contribution in [-0.2, 0) is 39.4 Å². The molecule has 5 heteroatoms. The number of rotatable bonds is 6. The molecule has 7 aromatic rings. The minimum atomic E-state index is -1.36. The molecule has 0 amide bonds. The van der Waals surface area contributed by atoms with Crippen LogP contribution in [0.4, 0.5) is 0 Å². The third-order valence-electron chi connectivity index (χ3n) is 11.1. The molecule has 2 aliphatic rings. The number of fused-ring (bicyclic) bond motifs is 4. The fourth-order valence-electron chi connectivity index (χ4n) is 8.30. The number of nitrogens with zero attached hydrogens (tertiary/aromatic N) is 2. The smallest absolute Gasteiger partial charge is 0.123 e. The van der Waals surface area contributed by atoms with Crippen molar-refractivity contribution in [3.05, 3.63) is 138 Å². The fraction of sp³-hybridized carbons (Fsp3) is 0.292. The summed E-state index contributed by atoms with van der Waals surface area (Å²) in [6.45, 7) is 7.30. The van der Waals surface area contributed by atoms with Gasteiger partial charge in [0.2, 0.25) is 0 Å². The van der Waals surface area contributed by atoms with E-state index >= 15 is 0 Å². The molecule has 1 saturated carbocycles. The van der Waals surface area contributed by atoms with Crippen LogP contribution in [0.2, 0.25) is 19.6 Å². The molecule has 1 radical (unpaired) electrons. The zero-order valence-electron chi connectivity index (χ0n) is 31.2. The molecule has 1 fully saturated rings. The summed E-state index contributed by atoms with van der Waals surface area (Å²) in [6.07, 6.45) is 17.2. The molecule has 3 heterocycles. The van der Waals surface area contributed by atoms with Gasteiger partial charge in [0.25, 0.3) is 0 Å². The van der Waals surface area contributed by atoms with Crippen LogP contribution in [0.15, 0.2) is 114 Å². The molecule has 271 valence electrons. The molecule has 0 saturated heterocycles. The average Bonchev–Trinajstić information content (AvgIpc) is 3.56. The van der Waals surface area contributed by atoms with Crippen LogP contribution in [0.3, 0.4) is 0 Å². The van der Waals surface area contributed by atoms with Gasteiger partial charge in [-0.2, -0.15) is 0 Å². The van der Waals surface area contributed by atoms with Crippen LogP contribution in [0.25, 0.3) is 55.6 Å². The molecule has 53 heavy (non-hydrogen) atoms. The van der Waals surface area contributed by atoms with Gasteiger partial charge >= 0.3 is 0 Å². The Balaban J connectivity index is 0.000000166. The summed E-state index contributed by atoms with van der Waals surface area (Å²) in [6, 6.07) is 40.6. The predicted molar refractivity (Wildman–Crippen MR) is 220 cm³/mol. The quantitative estimate of drug-likeness (QED) is 0.123. The Labute approximate surface area is 329 Å². The number of aromatic nitrogens is 2. The van der Waals surface area contributed by atoms with Gasteiger partial charge in [-0.25, -0.2) is 0 Å². The van der Waals surface area contributed by atoms with E-state index in [0.717, 1.165) is 63.2 Å². The van der Waals surface area contributed by atoms with E-state index in [4.69, 9.17) is 14.4 Å². The Bertz CT molecular complexity index is 2300. The van der Waals surface area contributed by atoms with Crippen LogP contribution in [0.1, 0.15) is 61.6 Å². The second kappa shape index (κ2) is 16.5. The number of aryl methyl sites for hydroxylation is 1. The Morgan fingerprint density at radius 2 is 1.53 bits per heavy atom. The SMILES string of the molecule is C[Si](C)(C)c1cnc(-c2[c-]cccc2)cc1CC1CCCCC1.[Ir].[c-]1cc2c(cc1-c1nccc3c1CCCC3)oc1ccc(-c3ccccc3)cc12. The van der Waals surface area contributed by atoms with Gasteiger partial charge in [0.1, 0.15) is 5.58 Å². The molecule has 0 aliphatic heterocycles. The summed E-state index contributed by atoms with van der Waals surface area (Å²) in [5.41, 5.74) is 12.9. The molecule has 0 bridgehead atoms. The van der Waals surface area contributed by atoms with Crippen LogP contribution < -0.4 is 5.19 Å². The van der Waals surface area contributed by atoms with Gasteiger partial charge in [0.15, 0.2) is 0 Å². The Morgan fingerprint density at radius 1 is 0.717 bits per heavy atom. The topological polar surface area (TPSA) is 38.9 Å². The zero-order chi connectivity index (χ0) is 35.5. The van der Waals surface area contributed by atoms with Crippen molar-refractivity contribution in [2.75, 3.05) is 0 Å². The van der Waals surface area contributed by atoms with E-state index in [1.807, 2.05) is 24.4 Å². The van der Waals surface area contributed by atoms with Crippen molar-refractivity contribution in [1.29, 1.82) is 0 Å². The van der Waals surface area contributed by atoms with Crippen molar-refractivity contribution in [2.24, 2.45) is 5.92 Å². The third-order valence-corrected chi connectivity index (χ3v) is 13.1. The molecule has 0 atom stereocenters. The molecular weight excluding hydrogens is 841 g/mol. The second-order valence-electron chi connectivity index (χ2n) is 15.8. The van der Waals surface area contributed by atoms with Crippen molar-refractivity contribution in [3.8, 4) is 33.6 Å². The normalized spacial score (nSPS) is 14.6. The van der Waals surface area contributed by atoms with E-state index in [1.54, 1.807) is 10.8 Å². The van der Waals surface area contributed by atoms with Crippen molar-refractivity contribution < 1.29 is 24.5 Å². The summed E-state index contributed by atoms with van der Waals surface area (Å²) in [5.74, 6) is 0.869. The minimum absolute atomic E-state index is 0. The van der Waals surface area contributed by atoms with Crippen molar-refractivity contribution >= 4 is 35.2 Å². The zero-order valence-corrected chi connectivity index (χ0v) is 34.6. The molecule has 0 N–H and O–H groups in total. The standard InChI is InChI=1S/C27H20NO.C21H28NSi.Ir/c1-2-6-18(7-3-1)20-11-13-25-24(16-20)23-12-10-21(17-26(23)29-25)27-22-9-5-4-8-19(22)14-15-28-27;1-23(2,3)21-16-22-20(18-12-8-5-9-13-18)15-19(21)14-17-10-6-4-7-11-17;/h1-3,6-7,11-17H,4-5,8-9H2;5,8-9,12,15-17H,4,6-7,10-11,14H2,1-3H3;/q2*-1;. The van der Waals surface area contributed by atoms with Gasteiger partial charge in [-0.1, -0.05) is 128 Å². The first-order valence-electron chi connectivity index (χ1n) is 19.3. The average molecular weight is 889 g/mol. The molecule has 4 aromatic carbocycles. The summed E-state index contributed by atoms with van der Waals surface area (Å²) in [7, 11) is -1.36. The maximum atomic E-state index is 6.20. The number of benzene rings is 4. The first kappa shape index (κ1) is 37.2. The van der Waals surface area contributed by atoms with E-state index in [9.17, 15) is 0 Å². The first-order valence-corrected chi connectivity index (χ1v) is 22.8. The van der Waals surface area contributed by atoms with Gasteiger partial charge in [-0.05, 0) is 83.2 Å². The van der Waals surface area contributed by atoms with E-state index in [0.29, 0.717) is 0 Å². The van der Waals surface area contributed by atoms with Crippen molar-refractivity contribution in [3.63, 3.8) is 0 Å². The van der Waals surface area contributed by atoms with Gasteiger partial charge in [0, 0.05) is 32.5 Å². The van der Waals surface area contributed by atoms with Crippen LogP contribution in [0, 0.1) is 18.1 Å². The maximum Gasteiger partial charge on any atom is 0.123 e. The number of furan rings is 1. The van der Waals surface area contributed by atoms with Gasteiger partial charge < -0.3 is 14.4 Å². The van der Waals surface area contributed by atoms with Crippen LogP contribution in [0.5, 0.6) is 0 Å². The van der Waals surface area contributed by atoms with Crippen LogP contribution in [-0.4, -0.2) is 18.0 Å². The number of hydrogen-bond donors (Lipinski definition) is 0. The molecule has 3 aromatic heterocycles. The number of pyridine rings is 2. The summed E-state index contributed by atoms with van der Waals surface area (Å²) in [5, 5.41) is 3.78. The van der Waals surface area contributed by atoms with E-state index in [-0.39, 0.29) is 20.1 Å². The Kier molecular flexibility index (Phi) is 11.6. The van der Waals surface area contributed by atoms with E-state index in [2.05, 4.69) is 117 Å². The van der Waals surface area contributed by atoms with E-state index in [1.165, 1.54) is 73.6 Å². The molecule has 2 aliphatic carbocycles. The largest absolute Gasteiger partial charge is 0.476 e. The number of hydrogen-bond acceptors (Lipinski definition) is 3. The first-order chi connectivity index (χ1) is 25.4. The minimum Gasteiger partial charge on any atom is -0.476 e. The predicted octanol–water partition coefficient (Wildman–Crippen LogP) is 12.2. The second-order valence-corrected chi connectivity index (χ2v) is 20.8. The molecular formula is C48H48IrN2OSi-2. The van der Waals surface area contributed by atoms with Gasteiger partial charge in [0.05, 0.1) is 13.7 Å². The molecule has 3 nitrogen and oxygen atoms in total. The Hall–Kier alpha value is -4.15. The molecule has 9 rings (SSSR count). The van der Waals surface area contributed by atoms with E-state index < -0.39 is 8.07 Å². The van der Waals surface area contributed by atoms with Crippen molar-refractivity contribution in [1.82, 2.24) is 9.97 Å². The molecule has 0 spiro atoms. The summed E-state index contributed by atoms with van der Waals surface area (Å²) in [4.78, 5) is 9.48. The van der Waals surface area contributed by atoms with Crippen LogP contribution >= 0.6 is 0 Å². The van der Waals surface area contributed by atoms with Gasteiger partial charge in [-0.15, -0.1) is 53.6 Å². The van der Waals surface area contributed by atoms with Gasteiger partial charge in [-0.3, -0.25) is 0 Å². The monoisotopic (exact) mass is 889 g/mol. The molecule has 0 unspecified atom stereocenters. The summed E-state index contributed by atoms with van der Waals surface area (Å²) >= 11 is 0.